The van der Waals surface area contributed by atoms with Crippen LogP contribution < -0.4 is 10.6 Å². The van der Waals surface area contributed by atoms with Crippen molar-refractivity contribution in [1.82, 2.24) is 10.2 Å². The molecule has 1 fully saturated rings. The quantitative estimate of drug-likeness (QED) is 0.764. The van der Waals surface area contributed by atoms with Gasteiger partial charge in [-0.25, -0.2) is 0 Å². The van der Waals surface area contributed by atoms with Crippen LogP contribution in [0, 0.1) is 5.41 Å². The van der Waals surface area contributed by atoms with Gasteiger partial charge in [0.2, 0.25) is 5.91 Å². The Morgan fingerprint density at radius 1 is 1.00 bits per heavy atom. The molecule has 0 aliphatic heterocycles. The fraction of sp³-hybridized carbons (Fsp3) is 0.375. The Bertz CT molecular complexity index is 941. The van der Waals surface area contributed by atoms with Gasteiger partial charge in [0, 0.05) is 41.9 Å². The summed E-state index contributed by atoms with van der Waals surface area (Å²) in [5.74, 6) is -0.300. The summed E-state index contributed by atoms with van der Waals surface area (Å²) < 4.78 is 0. The highest BCUT2D eigenvalue weighted by molar-refractivity contribution is 5.98. The van der Waals surface area contributed by atoms with Crippen LogP contribution in [0.15, 0.2) is 48.5 Å². The first kappa shape index (κ1) is 21.6. The SMILES string of the molecule is CN(Cc1ccc(C(=O)NC2CC2)cc1)C(=O)c1cccc(NC(=O)C(C)(C)C)c1. The van der Waals surface area contributed by atoms with Gasteiger partial charge in [0.25, 0.3) is 11.8 Å². The molecule has 0 atom stereocenters. The Hall–Kier alpha value is -3.15. The second-order valence-electron chi connectivity index (χ2n) is 8.89. The van der Waals surface area contributed by atoms with Crippen LogP contribution in [-0.4, -0.2) is 35.7 Å². The van der Waals surface area contributed by atoms with Crippen molar-refractivity contribution in [3.05, 3.63) is 65.2 Å². The van der Waals surface area contributed by atoms with Gasteiger partial charge in [-0.15, -0.1) is 0 Å². The lowest BCUT2D eigenvalue weighted by atomic mass is 9.95. The summed E-state index contributed by atoms with van der Waals surface area (Å²) in [4.78, 5) is 38.7. The first-order chi connectivity index (χ1) is 14.1. The molecule has 0 heterocycles. The molecule has 0 saturated heterocycles. The van der Waals surface area contributed by atoms with Crippen molar-refractivity contribution in [2.24, 2.45) is 5.41 Å². The lowest BCUT2D eigenvalue weighted by Gasteiger charge is -2.20. The summed E-state index contributed by atoms with van der Waals surface area (Å²) in [7, 11) is 1.73. The molecule has 6 heteroatoms. The van der Waals surface area contributed by atoms with Crippen molar-refractivity contribution in [3.8, 4) is 0 Å². The molecule has 2 N–H and O–H groups in total. The van der Waals surface area contributed by atoms with Crippen LogP contribution in [0.2, 0.25) is 0 Å². The Balaban J connectivity index is 1.62. The third kappa shape index (κ3) is 5.69. The molecule has 1 aliphatic carbocycles. The van der Waals surface area contributed by atoms with Gasteiger partial charge in [-0.2, -0.15) is 0 Å². The Kier molecular flexibility index (Phi) is 6.25. The number of amides is 3. The molecule has 0 bridgehead atoms. The third-order valence-corrected chi connectivity index (χ3v) is 4.94. The zero-order valence-electron chi connectivity index (χ0n) is 18.0. The lowest BCUT2D eigenvalue weighted by molar-refractivity contribution is -0.123. The molecule has 3 amide bonds. The fourth-order valence-electron chi connectivity index (χ4n) is 2.87. The number of hydrogen-bond acceptors (Lipinski definition) is 3. The molecule has 1 aliphatic rings. The maximum Gasteiger partial charge on any atom is 0.253 e. The fourth-order valence-corrected chi connectivity index (χ4v) is 2.87. The van der Waals surface area contributed by atoms with E-state index in [-0.39, 0.29) is 17.7 Å². The number of anilines is 1. The third-order valence-electron chi connectivity index (χ3n) is 4.94. The molecule has 158 valence electrons. The topological polar surface area (TPSA) is 78.5 Å². The smallest absolute Gasteiger partial charge is 0.253 e. The van der Waals surface area contributed by atoms with E-state index in [1.165, 1.54) is 0 Å². The summed E-state index contributed by atoms with van der Waals surface area (Å²) in [6.07, 6.45) is 2.11. The largest absolute Gasteiger partial charge is 0.349 e. The first-order valence-corrected chi connectivity index (χ1v) is 10.2. The van der Waals surface area contributed by atoms with Crippen molar-refractivity contribution in [2.75, 3.05) is 12.4 Å². The monoisotopic (exact) mass is 407 g/mol. The van der Waals surface area contributed by atoms with E-state index in [2.05, 4.69) is 10.6 Å². The second-order valence-corrected chi connectivity index (χ2v) is 8.89. The van der Waals surface area contributed by atoms with E-state index >= 15 is 0 Å². The molecule has 2 aromatic carbocycles. The minimum Gasteiger partial charge on any atom is -0.349 e. The van der Waals surface area contributed by atoms with Gasteiger partial charge in [-0.3, -0.25) is 14.4 Å². The summed E-state index contributed by atoms with van der Waals surface area (Å²) in [5, 5.41) is 5.82. The van der Waals surface area contributed by atoms with E-state index in [9.17, 15) is 14.4 Å². The summed E-state index contributed by atoms with van der Waals surface area (Å²) in [6, 6.07) is 14.6. The Morgan fingerprint density at radius 2 is 1.67 bits per heavy atom. The highest BCUT2D eigenvalue weighted by Crippen LogP contribution is 2.20. The van der Waals surface area contributed by atoms with E-state index in [4.69, 9.17) is 0 Å². The van der Waals surface area contributed by atoms with E-state index < -0.39 is 5.41 Å². The van der Waals surface area contributed by atoms with Crippen LogP contribution in [0.25, 0.3) is 0 Å². The molecule has 1 saturated carbocycles. The number of carbonyl (C=O) groups excluding carboxylic acids is 3. The molecule has 3 rings (SSSR count). The van der Waals surface area contributed by atoms with Crippen molar-refractivity contribution < 1.29 is 14.4 Å². The minimum atomic E-state index is -0.515. The average molecular weight is 408 g/mol. The number of hydrogen-bond donors (Lipinski definition) is 2. The Morgan fingerprint density at radius 3 is 2.27 bits per heavy atom. The number of nitrogens with zero attached hydrogens (tertiary/aromatic N) is 1. The van der Waals surface area contributed by atoms with Crippen molar-refractivity contribution in [3.63, 3.8) is 0 Å². The van der Waals surface area contributed by atoms with Crippen LogP contribution in [0.3, 0.4) is 0 Å². The average Bonchev–Trinajstić information content (AvgIpc) is 3.51. The molecular formula is C24H29N3O3. The number of carbonyl (C=O) groups is 3. The van der Waals surface area contributed by atoms with Gasteiger partial charge in [-0.1, -0.05) is 39.0 Å². The Labute approximate surface area is 177 Å². The molecular weight excluding hydrogens is 378 g/mol. The zero-order chi connectivity index (χ0) is 21.9. The second kappa shape index (κ2) is 8.69. The highest BCUT2D eigenvalue weighted by atomic mass is 16.2. The normalized spacial score (nSPS) is 13.5. The summed E-state index contributed by atoms with van der Waals surface area (Å²) >= 11 is 0. The van der Waals surface area contributed by atoms with E-state index in [1.807, 2.05) is 32.9 Å². The number of benzene rings is 2. The molecule has 2 aromatic rings. The van der Waals surface area contributed by atoms with Crippen molar-refractivity contribution in [2.45, 2.75) is 46.2 Å². The van der Waals surface area contributed by atoms with Crippen LogP contribution >= 0.6 is 0 Å². The van der Waals surface area contributed by atoms with Crippen LogP contribution in [0.1, 0.15) is 59.9 Å². The summed E-state index contributed by atoms with van der Waals surface area (Å²) in [5.41, 5.74) is 2.15. The first-order valence-electron chi connectivity index (χ1n) is 10.2. The van der Waals surface area contributed by atoms with Gasteiger partial charge in [0.1, 0.15) is 0 Å². The van der Waals surface area contributed by atoms with Crippen LogP contribution in [0.5, 0.6) is 0 Å². The molecule has 0 unspecified atom stereocenters. The van der Waals surface area contributed by atoms with Crippen LogP contribution in [-0.2, 0) is 11.3 Å². The van der Waals surface area contributed by atoms with Gasteiger partial charge < -0.3 is 15.5 Å². The minimum absolute atomic E-state index is 0.0531. The molecule has 0 aromatic heterocycles. The number of nitrogens with one attached hydrogen (secondary N) is 2. The zero-order valence-corrected chi connectivity index (χ0v) is 18.0. The number of rotatable bonds is 6. The predicted octanol–water partition coefficient (Wildman–Crippen LogP) is 3.84. The summed E-state index contributed by atoms with van der Waals surface area (Å²) in [6.45, 7) is 5.94. The van der Waals surface area contributed by atoms with E-state index in [0.717, 1.165) is 18.4 Å². The van der Waals surface area contributed by atoms with Gasteiger partial charge >= 0.3 is 0 Å². The maximum absolute atomic E-state index is 12.8. The molecule has 0 spiro atoms. The van der Waals surface area contributed by atoms with Crippen molar-refractivity contribution in [1.29, 1.82) is 0 Å². The maximum atomic E-state index is 12.8. The van der Waals surface area contributed by atoms with E-state index in [0.29, 0.717) is 29.4 Å². The van der Waals surface area contributed by atoms with Gasteiger partial charge in [0.15, 0.2) is 0 Å². The lowest BCUT2D eigenvalue weighted by Crippen LogP contribution is -2.28. The van der Waals surface area contributed by atoms with Crippen molar-refractivity contribution >= 4 is 23.4 Å². The van der Waals surface area contributed by atoms with Gasteiger partial charge in [-0.05, 0) is 48.7 Å². The molecule has 6 nitrogen and oxygen atoms in total. The molecule has 0 radical (unpaired) electrons. The standard InChI is InChI=1S/C24H29N3O3/c1-24(2,3)23(30)26-20-7-5-6-18(14-20)22(29)27(4)15-16-8-10-17(11-9-16)21(28)25-19-12-13-19/h5-11,14,19H,12-13,15H2,1-4H3,(H,25,28)(H,26,30). The molecule has 30 heavy (non-hydrogen) atoms. The van der Waals surface area contributed by atoms with Crippen LogP contribution in [0.4, 0.5) is 5.69 Å². The van der Waals surface area contributed by atoms with Gasteiger partial charge in [0.05, 0.1) is 0 Å². The highest BCUT2D eigenvalue weighted by Gasteiger charge is 2.24. The predicted molar refractivity (Wildman–Crippen MR) is 117 cm³/mol. The van der Waals surface area contributed by atoms with E-state index in [1.54, 1.807) is 48.3 Å².